The lowest BCUT2D eigenvalue weighted by Gasteiger charge is -2.67. The summed E-state index contributed by atoms with van der Waals surface area (Å²) in [5.74, 6) is -9.37. The normalized spacial score (nSPS) is 23.2. The summed E-state index contributed by atoms with van der Waals surface area (Å²) in [7, 11) is 3.32. The number of ketones is 1. The Balaban J connectivity index is 0.799. The summed E-state index contributed by atoms with van der Waals surface area (Å²) in [6.45, 7) is 12.1. The molecule has 1 saturated heterocycles. The van der Waals surface area contributed by atoms with E-state index >= 15 is 4.79 Å². The summed E-state index contributed by atoms with van der Waals surface area (Å²) in [4.78, 5) is 131. The number of ether oxygens (including phenoxy) is 16. The largest absolute Gasteiger partial charge is 0.462 e. The van der Waals surface area contributed by atoms with Crippen molar-refractivity contribution in [3.63, 3.8) is 0 Å². The minimum Gasteiger partial charge on any atom is -0.462 e. The lowest BCUT2D eigenvalue weighted by molar-refractivity contribution is -0.346. The highest BCUT2D eigenvalue weighted by atomic mass is 33.1. The van der Waals surface area contributed by atoms with Crippen LogP contribution < -0.4 is 5.32 Å². The molecule has 3 aromatic carbocycles. The van der Waals surface area contributed by atoms with E-state index < -0.39 is 150 Å². The topological polar surface area (TPSA) is 367 Å². The van der Waals surface area contributed by atoms with E-state index in [1.165, 1.54) is 52.0 Å². The minimum atomic E-state index is -2.57. The second kappa shape index (κ2) is 42.3. The van der Waals surface area contributed by atoms with E-state index in [0.29, 0.717) is 78.2 Å². The van der Waals surface area contributed by atoms with Gasteiger partial charge < -0.3 is 91.3 Å². The van der Waals surface area contributed by atoms with Crippen molar-refractivity contribution in [3.8, 4) is 0 Å². The van der Waals surface area contributed by atoms with E-state index in [1.54, 1.807) is 94.5 Å². The van der Waals surface area contributed by atoms with Gasteiger partial charge in [-0.2, -0.15) is 0 Å². The molecule has 4 aliphatic rings. The molecule has 11 atom stereocenters. The number of aromatic nitrogens is 1. The van der Waals surface area contributed by atoms with Gasteiger partial charge in [-0.15, -0.1) is 0 Å². The highest BCUT2D eigenvalue weighted by Gasteiger charge is 2.79. The minimum absolute atomic E-state index is 0.0239. The number of nitrogens with one attached hydrogen (secondary N) is 1. The molecule has 4 aromatic rings. The molecular weight excluding hydrogens is 1440 g/mol. The Morgan fingerprint density at radius 1 is 0.607 bits per heavy atom. The van der Waals surface area contributed by atoms with E-state index in [0.717, 1.165) is 24.6 Å². The summed E-state index contributed by atoms with van der Waals surface area (Å²) < 4.78 is 91.7. The van der Waals surface area contributed by atoms with Crippen LogP contribution in [0, 0.1) is 16.7 Å². The number of fused-ring (bicyclic) bond motifs is 5. The molecule has 1 aliphatic heterocycles. The zero-order valence-corrected chi connectivity index (χ0v) is 62.6. The van der Waals surface area contributed by atoms with Crippen molar-refractivity contribution >= 4 is 75.1 Å². The first-order valence-electron chi connectivity index (χ1n) is 35.4. The molecule has 3 aliphatic carbocycles. The quantitative estimate of drug-likeness (QED) is 0.0107. The predicted molar refractivity (Wildman–Crippen MR) is 382 cm³/mol. The number of esters is 7. The molecule has 1 aromatic heterocycles. The molecule has 29 nitrogen and oxygen atoms in total. The Kier molecular flexibility index (Phi) is 33.5. The van der Waals surface area contributed by atoms with Crippen LogP contribution in [0.5, 0.6) is 0 Å². The predicted octanol–water partition coefficient (Wildman–Crippen LogP) is 6.47. The van der Waals surface area contributed by atoms with Crippen LogP contribution >= 0.6 is 21.6 Å². The molecule has 0 unspecified atom stereocenters. The van der Waals surface area contributed by atoms with Crippen molar-refractivity contribution in [2.45, 2.75) is 133 Å². The Morgan fingerprint density at radius 3 is 1.69 bits per heavy atom. The maximum Gasteiger partial charge on any atom is 0.338 e. The van der Waals surface area contributed by atoms with Crippen LogP contribution in [0.4, 0.5) is 0 Å². The Morgan fingerprint density at radius 2 is 1.14 bits per heavy atom. The third kappa shape index (κ3) is 23.4. The van der Waals surface area contributed by atoms with E-state index in [2.05, 4.69) is 10.3 Å². The van der Waals surface area contributed by atoms with Crippen LogP contribution in [0.15, 0.2) is 132 Å². The van der Waals surface area contributed by atoms with E-state index in [4.69, 9.17) is 75.8 Å². The molecule has 584 valence electrons. The number of aliphatic hydroxyl groups is 2. The first kappa shape index (κ1) is 84.9. The number of carbonyl (C=O) groups excluding carboxylic acids is 9. The fraction of sp³-hybridized carbons (Fsp3) is 0.553. The third-order valence-corrected chi connectivity index (χ3v) is 21.0. The van der Waals surface area contributed by atoms with Crippen LogP contribution in [0.1, 0.15) is 106 Å². The van der Waals surface area contributed by atoms with Crippen LogP contribution in [-0.4, -0.2) is 241 Å². The number of pyridine rings is 1. The number of Topliss-reactive ketones (excluding diaryl/α,β-unsaturated/α-hetero) is 1. The molecule has 31 heteroatoms. The van der Waals surface area contributed by atoms with Crippen molar-refractivity contribution in [2.75, 3.05) is 125 Å². The number of aliphatic hydroxyl groups excluding tert-OH is 1. The van der Waals surface area contributed by atoms with Gasteiger partial charge in [0, 0.05) is 49.6 Å². The first-order valence-corrected chi connectivity index (χ1v) is 37.7. The van der Waals surface area contributed by atoms with Gasteiger partial charge in [0.2, 0.25) is 0 Å². The van der Waals surface area contributed by atoms with Crippen LogP contribution in [0.25, 0.3) is 0 Å². The van der Waals surface area contributed by atoms with Crippen molar-refractivity contribution in [1.82, 2.24) is 10.3 Å². The molecule has 107 heavy (non-hydrogen) atoms. The summed E-state index contributed by atoms with van der Waals surface area (Å²) in [5.41, 5.74) is -8.23. The second-order valence-corrected chi connectivity index (χ2v) is 28.6. The van der Waals surface area contributed by atoms with Crippen LogP contribution in [-0.2, 0) is 109 Å². The molecule has 2 saturated carbocycles. The Bertz CT molecular complexity index is 3580. The lowest BCUT2D eigenvalue weighted by Crippen LogP contribution is -2.82. The molecule has 8 rings (SSSR count). The van der Waals surface area contributed by atoms with Gasteiger partial charge in [0.05, 0.1) is 141 Å². The summed E-state index contributed by atoms with van der Waals surface area (Å²) in [6.07, 6.45) is -11.3. The first-order chi connectivity index (χ1) is 51.5. The SMILES string of the molecule is CC(=O)O[C@H]1C(=O)[C@]2(C)[C@@H](OC(=O)CCC(=O)OCCOC(=O)CCOCOCCOCCOCCOCCOCCOCCOCCSSc3ccccn3)C[C@H]3OC[C@@]3(OC(C)=O)[C@H]2[C@H](OC(=O)c2ccccc2)[C@]2(O)C[C@H](OC(=O)[C@H](O)[C@@H](NC(=O)c3ccccc3)c3ccccc3)C(C)=C1C2(C)C. The average molecular weight is 1530 g/mol. The van der Waals surface area contributed by atoms with Crippen molar-refractivity contribution in [1.29, 1.82) is 0 Å². The van der Waals surface area contributed by atoms with E-state index in [-0.39, 0.29) is 74.9 Å². The molecule has 3 fully saturated rings. The number of carbonyl (C=O) groups is 9. The van der Waals surface area contributed by atoms with Gasteiger partial charge in [-0.3, -0.25) is 33.6 Å². The number of hydrogen-bond acceptors (Lipinski definition) is 30. The van der Waals surface area contributed by atoms with Gasteiger partial charge in [0.25, 0.3) is 5.91 Å². The Labute approximate surface area is 629 Å². The molecule has 0 spiro atoms. The van der Waals surface area contributed by atoms with Crippen LogP contribution in [0.3, 0.4) is 0 Å². The maximum atomic E-state index is 16.4. The maximum absolute atomic E-state index is 16.4. The number of nitrogens with zero attached hydrogens (tertiary/aromatic N) is 1. The number of benzene rings is 3. The van der Waals surface area contributed by atoms with Gasteiger partial charge in [-0.1, -0.05) is 97.4 Å². The molecule has 1 amide bonds. The highest BCUT2D eigenvalue weighted by molar-refractivity contribution is 8.76. The van der Waals surface area contributed by atoms with E-state index in [1.807, 2.05) is 18.2 Å². The fourth-order valence-electron chi connectivity index (χ4n) is 13.5. The zero-order chi connectivity index (χ0) is 76.8. The smallest absolute Gasteiger partial charge is 0.338 e. The number of hydrogen-bond donors (Lipinski definition) is 3. The summed E-state index contributed by atoms with van der Waals surface area (Å²) >= 11 is 0. The van der Waals surface area contributed by atoms with Gasteiger partial charge in [-0.05, 0) is 77.7 Å². The number of rotatable bonds is 45. The van der Waals surface area contributed by atoms with Crippen molar-refractivity contribution < 1.29 is 129 Å². The monoisotopic (exact) mass is 1530 g/mol. The third-order valence-electron chi connectivity index (χ3n) is 18.8. The molecule has 2 bridgehead atoms. The molecule has 2 heterocycles. The summed E-state index contributed by atoms with van der Waals surface area (Å²) in [5, 5.41) is 29.9. The molecule has 3 N–H and O–H groups in total. The average Bonchev–Trinajstić information content (AvgIpc) is 0.668. The van der Waals surface area contributed by atoms with Gasteiger partial charge in [0.1, 0.15) is 55.0 Å². The van der Waals surface area contributed by atoms with Crippen LogP contribution in [0.2, 0.25) is 0 Å². The molecular formula is C76H96N2O27S2. The standard InChI is InChI=1S/C76H96N2O27S2/c1-50-56(102-72(88)65(84)64(53-18-10-7-11-19-53)78-70(86)54-20-12-8-13-21-54)47-76(89)69(104-71(87)55-22-14-9-15-23-55)67-74(6,68(85)66(101-51(2)79)63(50)73(76,4)5)57(46-58-75(67,48-100-58)105-52(3)80)103-62(83)26-25-60(81)98-42-43-99-61(82)27-29-96-49-97-41-40-94-37-36-92-33-32-90-30-31-91-34-35-93-38-39-95-44-45-106-107-59-24-16-17-28-77-59/h7-24,28,56-58,64-67,69,84,89H,25-27,29-49H2,1-6H3,(H,78,86)/t56-,57-,58+,64-,65+,66+,67-,69-,74+,75-,76+/m0/s1. The molecule has 0 radical (unpaired) electrons. The van der Waals surface area contributed by atoms with Crippen molar-refractivity contribution in [2.24, 2.45) is 16.7 Å². The van der Waals surface area contributed by atoms with Gasteiger partial charge in [-0.25, -0.2) is 14.6 Å². The number of amides is 1. The van der Waals surface area contributed by atoms with Gasteiger partial charge in [0.15, 0.2) is 23.6 Å². The van der Waals surface area contributed by atoms with Gasteiger partial charge >= 0.3 is 41.8 Å². The highest BCUT2D eigenvalue weighted by Crippen LogP contribution is 2.65. The fourth-order valence-corrected chi connectivity index (χ4v) is 15.2. The van der Waals surface area contributed by atoms with Crippen molar-refractivity contribution in [3.05, 3.63) is 143 Å². The Hall–Kier alpha value is -7.76. The van der Waals surface area contributed by atoms with E-state index in [9.17, 15) is 48.6 Å². The second-order valence-electron chi connectivity index (χ2n) is 26.2. The zero-order valence-electron chi connectivity index (χ0n) is 60.9. The lowest BCUT2D eigenvalue weighted by atomic mass is 9.44. The summed E-state index contributed by atoms with van der Waals surface area (Å²) in [6, 6.07) is 28.2.